The number of piperidine rings is 1. The van der Waals surface area contributed by atoms with E-state index in [1.54, 1.807) is 0 Å². The molecule has 19 heavy (non-hydrogen) atoms. The SMILES string of the molecule is OCC(NC1CCN2CCCC2C1)c1ccccc1. The van der Waals surface area contributed by atoms with Crippen LogP contribution in [0.25, 0.3) is 0 Å². The lowest BCUT2D eigenvalue weighted by Gasteiger charge is -2.37. The van der Waals surface area contributed by atoms with Crippen LogP contribution in [-0.2, 0) is 0 Å². The number of aliphatic hydroxyl groups excluding tert-OH is 1. The van der Waals surface area contributed by atoms with Crippen molar-refractivity contribution in [1.29, 1.82) is 0 Å². The van der Waals surface area contributed by atoms with Crippen molar-refractivity contribution in [3.05, 3.63) is 35.9 Å². The zero-order valence-electron chi connectivity index (χ0n) is 11.5. The molecule has 2 saturated heterocycles. The zero-order valence-corrected chi connectivity index (χ0v) is 11.5. The lowest BCUT2D eigenvalue weighted by molar-refractivity contribution is 0.148. The van der Waals surface area contributed by atoms with Gasteiger partial charge in [0.2, 0.25) is 0 Å². The highest BCUT2D eigenvalue weighted by Crippen LogP contribution is 2.28. The summed E-state index contributed by atoms with van der Waals surface area (Å²) in [4.78, 5) is 2.63. The quantitative estimate of drug-likeness (QED) is 0.868. The summed E-state index contributed by atoms with van der Waals surface area (Å²) in [5.74, 6) is 0. The third-order valence-corrected chi connectivity index (χ3v) is 4.64. The Bertz CT molecular complexity index is 395. The minimum absolute atomic E-state index is 0.0825. The van der Waals surface area contributed by atoms with Gasteiger partial charge in [0.25, 0.3) is 0 Å². The first-order chi connectivity index (χ1) is 9.36. The van der Waals surface area contributed by atoms with Crippen molar-refractivity contribution in [2.24, 2.45) is 0 Å². The second kappa shape index (κ2) is 6.04. The van der Waals surface area contributed by atoms with Crippen LogP contribution >= 0.6 is 0 Å². The third-order valence-electron chi connectivity index (χ3n) is 4.64. The number of hydrogen-bond acceptors (Lipinski definition) is 3. The first-order valence-corrected chi connectivity index (χ1v) is 7.52. The van der Waals surface area contributed by atoms with Crippen LogP contribution in [0.1, 0.15) is 37.3 Å². The summed E-state index contributed by atoms with van der Waals surface area (Å²) in [6.45, 7) is 2.68. The predicted molar refractivity (Wildman–Crippen MR) is 77.0 cm³/mol. The monoisotopic (exact) mass is 260 g/mol. The highest BCUT2D eigenvalue weighted by atomic mass is 16.3. The molecule has 104 valence electrons. The minimum atomic E-state index is 0.0825. The minimum Gasteiger partial charge on any atom is -0.394 e. The van der Waals surface area contributed by atoms with E-state index in [-0.39, 0.29) is 12.6 Å². The van der Waals surface area contributed by atoms with E-state index in [2.05, 4.69) is 22.3 Å². The second-order valence-electron chi connectivity index (χ2n) is 5.87. The molecule has 0 aliphatic carbocycles. The summed E-state index contributed by atoms with van der Waals surface area (Å²) < 4.78 is 0. The van der Waals surface area contributed by atoms with Crippen molar-refractivity contribution in [3.8, 4) is 0 Å². The second-order valence-corrected chi connectivity index (χ2v) is 5.87. The van der Waals surface area contributed by atoms with Crippen molar-refractivity contribution >= 4 is 0 Å². The Morgan fingerprint density at radius 1 is 1.21 bits per heavy atom. The van der Waals surface area contributed by atoms with Gasteiger partial charge in [-0.05, 0) is 44.3 Å². The molecular formula is C16H24N2O. The number of aliphatic hydroxyl groups is 1. The summed E-state index contributed by atoms with van der Waals surface area (Å²) in [6, 6.07) is 11.7. The molecule has 3 rings (SSSR count). The molecule has 2 aliphatic heterocycles. The topological polar surface area (TPSA) is 35.5 Å². The van der Waals surface area contributed by atoms with E-state index >= 15 is 0 Å². The molecule has 2 fully saturated rings. The van der Waals surface area contributed by atoms with Crippen LogP contribution < -0.4 is 5.32 Å². The molecule has 2 aliphatic rings. The molecule has 3 heteroatoms. The van der Waals surface area contributed by atoms with E-state index in [9.17, 15) is 5.11 Å². The average Bonchev–Trinajstić information content (AvgIpc) is 2.93. The van der Waals surface area contributed by atoms with Gasteiger partial charge in [-0.3, -0.25) is 0 Å². The van der Waals surface area contributed by atoms with Gasteiger partial charge in [-0.25, -0.2) is 0 Å². The molecule has 0 bridgehead atoms. The third kappa shape index (κ3) is 2.99. The van der Waals surface area contributed by atoms with Crippen molar-refractivity contribution < 1.29 is 5.11 Å². The molecule has 0 spiro atoms. The van der Waals surface area contributed by atoms with Crippen LogP contribution in [-0.4, -0.2) is 41.8 Å². The normalized spacial score (nSPS) is 29.1. The Kier molecular flexibility index (Phi) is 4.16. The van der Waals surface area contributed by atoms with Crippen LogP contribution in [0.3, 0.4) is 0 Å². The summed E-state index contributed by atoms with van der Waals surface area (Å²) in [5.41, 5.74) is 1.19. The Labute approximate surface area is 115 Å². The van der Waals surface area contributed by atoms with Gasteiger partial charge in [0, 0.05) is 12.1 Å². The molecule has 3 unspecified atom stereocenters. The van der Waals surface area contributed by atoms with E-state index < -0.39 is 0 Å². The molecule has 2 N–H and O–H groups in total. The summed E-state index contributed by atoms with van der Waals surface area (Å²) in [6.07, 6.45) is 5.16. The molecule has 0 radical (unpaired) electrons. The molecular weight excluding hydrogens is 236 g/mol. The van der Waals surface area contributed by atoms with Crippen molar-refractivity contribution in [3.63, 3.8) is 0 Å². The number of benzene rings is 1. The lowest BCUT2D eigenvalue weighted by atomic mass is 9.96. The van der Waals surface area contributed by atoms with Crippen LogP contribution in [0.15, 0.2) is 30.3 Å². The maximum atomic E-state index is 9.62. The first kappa shape index (κ1) is 13.1. The molecule has 3 nitrogen and oxygen atoms in total. The Morgan fingerprint density at radius 2 is 2.05 bits per heavy atom. The number of nitrogens with zero attached hydrogens (tertiary/aromatic N) is 1. The van der Waals surface area contributed by atoms with Crippen molar-refractivity contribution in [2.75, 3.05) is 19.7 Å². The fourth-order valence-corrected chi connectivity index (χ4v) is 3.60. The molecule has 2 heterocycles. The van der Waals surface area contributed by atoms with Gasteiger partial charge in [0.05, 0.1) is 12.6 Å². The fourth-order valence-electron chi connectivity index (χ4n) is 3.60. The lowest BCUT2D eigenvalue weighted by Crippen LogP contribution is -2.47. The Morgan fingerprint density at radius 3 is 2.84 bits per heavy atom. The van der Waals surface area contributed by atoms with Gasteiger partial charge < -0.3 is 15.3 Å². The molecule has 1 aromatic carbocycles. The van der Waals surface area contributed by atoms with Gasteiger partial charge in [0.1, 0.15) is 0 Å². The highest BCUT2D eigenvalue weighted by molar-refractivity contribution is 5.19. The smallest absolute Gasteiger partial charge is 0.0626 e. The molecule has 0 aromatic heterocycles. The van der Waals surface area contributed by atoms with Crippen molar-refractivity contribution in [1.82, 2.24) is 10.2 Å². The Hall–Kier alpha value is -0.900. The highest BCUT2D eigenvalue weighted by Gasteiger charge is 2.32. The van der Waals surface area contributed by atoms with E-state index in [0.717, 1.165) is 6.04 Å². The zero-order chi connectivity index (χ0) is 13.1. The number of nitrogens with one attached hydrogen (secondary N) is 1. The van der Waals surface area contributed by atoms with E-state index in [1.807, 2.05) is 18.2 Å². The van der Waals surface area contributed by atoms with Crippen LogP contribution in [0.5, 0.6) is 0 Å². The van der Waals surface area contributed by atoms with Crippen LogP contribution in [0.2, 0.25) is 0 Å². The van der Waals surface area contributed by atoms with E-state index in [4.69, 9.17) is 0 Å². The van der Waals surface area contributed by atoms with Gasteiger partial charge in [-0.1, -0.05) is 30.3 Å². The first-order valence-electron chi connectivity index (χ1n) is 7.52. The molecule has 0 amide bonds. The fraction of sp³-hybridized carbons (Fsp3) is 0.625. The average molecular weight is 260 g/mol. The van der Waals surface area contributed by atoms with Gasteiger partial charge in [-0.2, -0.15) is 0 Å². The number of fused-ring (bicyclic) bond motifs is 1. The molecule has 0 saturated carbocycles. The van der Waals surface area contributed by atoms with Crippen LogP contribution in [0.4, 0.5) is 0 Å². The summed E-state index contributed by atoms with van der Waals surface area (Å²) >= 11 is 0. The van der Waals surface area contributed by atoms with Gasteiger partial charge in [0.15, 0.2) is 0 Å². The number of hydrogen-bond donors (Lipinski definition) is 2. The summed E-state index contributed by atoms with van der Waals surface area (Å²) in [7, 11) is 0. The van der Waals surface area contributed by atoms with Gasteiger partial charge >= 0.3 is 0 Å². The van der Waals surface area contributed by atoms with Crippen molar-refractivity contribution in [2.45, 2.75) is 43.8 Å². The van der Waals surface area contributed by atoms with E-state index in [0.29, 0.717) is 6.04 Å². The standard InChI is InChI=1S/C16H24N2O/c19-12-16(13-5-2-1-3-6-13)17-14-8-10-18-9-4-7-15(18)11-14/h1-3,5-6,14-17,19H,4,7-12H2. The Balaban J connectivity index is 1.60. The van der Waals surface area contributed by atoms with E-state index in [1.165, 1.54) is 44.3 Å². The van der Waals surface area contributed by atoms with Crippen LogP contribution in [0, 0.1) is 0 Å². The number of rotatable bonds is 4. The molecule has 1 aromatic rings. The maximum Gasteiger partial charge on any atom is 0.0626 e. The van der Waals surface area contributed by atoms with Gasteiger partial charge in [-0.15, -0.1) is 0 Å². The predicted octanol–water partition coefficient (Wildman–Crippen LogP) is 1.94. The largest absolute Gasteiger partial charge is 0.394 e. The summed E-state index contributed by atoms with van der Waals surface area (Å²) in [5, 5.41) is 13.3. The molecule has 3 atom stereocenters. The maximum absolute atomic E-state index is 9.62.